The van der Waals surface area contributed by atoms with Gasteiger partial charge in [0.1, 0.15) is 16.4 Å². The highest BCUT2D eigenvalue weighted by atomic mass is 35.5. The molecular weight excluding hydrogens is 492 g/mol. The first-order valence-corrected chi connectivity index (χ1v) is 11.6. The number of benzene rings is 2. The molecule has 1 amide bonds. The molecule has 2 aromatic rings. The minimum atomic E-state index is -1.69. The molecule has 0 spiro atoms. The van der Waals surface area contributed by atoms with Crippen molar-refractivity contribution in [3.05, 3.63) is 62.2 Å². The number of halogens is 5. The van der Waals surface area contributed by atoms with Crippen LogP contribution in [0.3, 0.4) is 0 Å². The summed E-state index contributed by atoms with van der Waals surface area (Å²) in [5.41, 5.74) is -0.478. The predicted molar refractivity (Wildman–Crippen MR) is 123 cm³/mol. The number of amides is 1. The van der Waals surface area contributed by atoms with Gasteiger partial charge in [-0.3, -0.25) is 14.9 Å². The Hall–Kier alpha value is -3.08. The zero-order valence-electron chi connectivity index (χ0n) is 18.9. The SMILES string of the molecule is CC1CCN(c2ccc(C(=O)N3CCN(c4c(F)c(F)c(Cl)c(F)c4F)CC3)cc2[N+](=O)[O-])CC1. The van der Waals surface area contributed by atoms with E-state index in [2.05, 4.69) is 6.92 Å². The summed E-state index contributed by atoms with van der Waals surface area (Å²) in [6.07, 6.45) is 1.84. The lowest BCUT2D eigenvalue weighted by molar-refractivity contribution is -0.384. The number of nitrogens with zero attached hydrogens (tertiary/aromatic N) is 4. The minimum absolute atomic E-state index is 0.0108. The van der Waals surface area contributed by atoms with Gasteiger partial charge in [0.05, 0.1) is 4.92 Å². The quantitative estimate of drug-likeness (QED) is 0.189. The van der Waals surface area contributed by atoms with Crippen LogP contribution >= 0.6 is 11.6 Å². The fraction of sp³-hybridized carbons (Fsp3) is 0.435. The molecule has 2 saturated heterocycles. The zero-order valence-corrected chi connectivity index (χ0v) is 19.6. The Bertz CT molecular complexity index is 1140. The van der Waals surface area contributed by atoms with Crippen molar-refractivity contribution in [2.24, 2.45) is 5.92 Å². The standard InChI is InChI=1S/C23H23ClF4N4O3/c1-13-4-6-29(7-5-13)15-3-2-14(12-16(15)32(34)35)23(33)31-10-8-30(9-11-31)22-20(27)18(25)17(24)19(26)21(22)28/h2-3,12-13H,4-11H2,1H3. The number of hydrogen-bond donors (Lipinski definition) is 0. The number of hydrogen-bond acceptors (Lipinski definition) is 5. The predicted octanol–water partition coefficient (Wildman–Crippen LogP) is 5.00. The van der Waals surface area contributed by atoms with E-state index in [1.165, 1.54) is 17.0 Å². The molecule has 0 bridgehead atoms. The number of nitro groups is 1. The van der Waals surface area contributed by atoms with Crippen LogP contribution in [0, 0.1) is 39.3 Å². The van der Waals surface area contributed by atoms with Crippen molar-refractivity contribution in [3.8, 4) is 0 Å². The lowest BCUT2D eigenvalue weighted by Crippen LogP contribution is -2.49. The number of piperazine rings is 1. The van der Waals surface area contributed by atoms with Crippen LogP contribution in [0.5, 0.6) is 0 Å². The third-order valence-electron chi connectivity index (χ3n) is 6.61. The normalized spacial score (nSPS) is 17.1. The molecule has 0 aliphatic carbocycles. The fourth-order valence-electron chi connectivity index (χ4n) is 4.51. The Morgan fingerprint density at radius 1 is 0.943 bits per heavy atom. The van der Waals surface area contributed by atoms with E-state index >= 15 is 0 Å². The van der Waals surface area contributed by atoms with Crippen molar-refractivity contribution in [3.63, 3.8) is 0 Å². The average molecular weight is 515 g/mol. The summed E-state index contributed by atoms with van der Waals surface area (Å²) in [4.78, 5) is 28.6. The summed E-state index contributed by atoms with van der Waals surface area (Å²) in [7, 11) is 0. The van der Waals surface area contributed by atoms with E-state index in [1.54, 1.807) is 6.07 Å². The molecule has 4 rings (SSSR count). The number of piperidine rings is 1. The number of nitro benzene ring substituents is 1. The van der Waals surface area contributed by atoms with E-state index in [9.17, 15) is 32.5 Å². The highest BCUT2D eigenvalue weighted by molar-refractivity contribution is 6.31. The molecule has 0 N–H and O–H groups in total. The van der Waals surface area contributed by atoms with Gasteiger partial charge in [0.25, 0.3) is 11.6 Å². The van der Waals surface area contributed by atoms with Crippen molar-refractivity contribution in [1.29, 1.82) is 0 Å². The van der Waals surface area contributed by atoms with Gasteiger partial charge in [-0.25, -0.2) is 17.6 Å². The third kappa shape index (κ3) is 4.73. The summed E-state index contributed by atoms with van der Waals surface area (Å²) < 4.78 is 56.2. The van der Waals surface area contributed by atoms with Crippen LogP contribution in [-0.4, -0.2) is 55.0 Å². The van der Waals surface area contributed by atoms with Gasteiger partial charge in [0, 0.05) is 50.9 Å². The molecule has 188 valence electrons. The Labute approximate surface area is 204 Å². The van der Waals surface area contributed by atoms with E-state index in [0.717, 1.165) is 17.7 Å². The van der Waals surface area contributed by atoms with E-state index < -0.39 is 44.8 Å². The Kier molecular flexibility index (Phi) is 7.07. The maximum Gasteiger partial charge on any atom is 0.293 e. The van der Waals surface area contributed by atoms with Crippen LogP contribution in [0.2, 0.25) is 5.02 Å². The van der Waals surface area contributed by atoms with Crippen molar-refractivity contribution in [2.75, 3.05) is 49.1 Å². The second kappa shape index (κ2) is 9.88. The maximum absolute atomic E-state index is 14.3. The summed E-state index contributed by atoms with van der Waals surface area (Å²) in [5, 5.41) is 10.5. The second-order valence-electron chi connectivity index (χ2n) is 8.83. The Morgan fingerprint density at radius 2 is 1.51 bits per heavy atom. The molecule has 7 nitrogen and oxygen atoms in total. The largest absolute Gasteiger partial charge is 0.366 e. The third-order valence-corrected chi connectivity index (χ3v) is 6.94. The molecule has 35 heavy (non-hydrogen) atoms. The molecule has 0 radical (unpaired) electrons. The van der Waals surface area contributed by atoms with Crippen molar-refractivity contribution in [2.45, 2.75) is 19.8 Å². The molecule has 12 heteroatoms. The lowest BCUT2D eigenvalue weighted by Gasteiger charge is -2.36. The number of carbonyl (C=O) groups is 1. The van der Waals surface area contributed by atoms with Gasteiger partial charge < -0.3 is 14.7 Å². The fourth-order valence-corrected chi connectivity index (χ4v) is 4.67. The van der Waals surface area contributed by atoms with Crippen LogP contribution in [-0.2, 0) is 0 Å². The van der Waals surface area contributed by atoms with Crippen LogP contribution < -0.4 is 9.80 Å². The van der Waals surface area contributed by atoms with Gasteiger partial charge in [0.15, 0.2) is 23.3 Å². The molecule has 0 atom stereocenters. The van der Waals surface area contributed by atoms with Gasteiger partial charge in [-0.1, -0.05) is 18.5 Å². The van der Waals surface area contributed by atoms with Gasteiger partial charge in [-0.2, -0.15) is 0 Å². The van der Waals surface area contributed by atoms with E-state index in [0.29, 0.717) is 24.7 Å². The smallest absolute Gasteiger partial charge is 0.293 e. The summed E-state index contributed by atoms with van der Waals surface area (Å²) >= 11 is 5.28. The van der Waals surface area contributed by atoms with Gasteiger partial charge in [-0.05, 0) is 30.9 Å². The van der Waals surface area contributed by atoms with E-state index in [1.807, 2.05) is 4.90 Å². The first-order chi connectivity index (χ1) is 16.6. The highest BCUT2D eigenvalue weighted by Gasteiger charge is 2.32. The molecule has 2 heterocycles. The number of anilines is 2. The monoisotopic (exact) mass is 514 g/mol. The Balaban J connectivity index is 1.50. The van der Waals surface area contributed by atoms with Gasteiger partial charge in [0.2, 0.25) is 0 Å². The second-order valence-corrected chi connectivity index (χ2v) is 9.21. The summed E-state index contributed by atoms with van der Waals surface area (Å²) in [6, 6.07) is 4.34. The molecule has 2 aliphatic heterocycles. The summed E-state index contributed by atoms with van der Waals surface area (Å²) in [5.74, 6) is -6.52. The van der Waals surface area contributed by atoms with Crippen molar-refractivity contribution >= 4 is 34.6 Å². The first kappa shape index (κ1) is 25.0. The van der Waals surface area contributed by atoms with Gasteiger partial charge >= 0.3 is 0 Å². The lowest BCUT2D eigenvalue weighted by atomic mass is 9.98. The molecule has 2 aliphatic rings. The zero-order chi connectivity index (χ0) is 25.4. The first-order valence-electron chi connectivity index (χ1n) is 11.2. The highest BCUT2D eigenvalue weighted by Crippen LogP contribution is 2.35. The van der Waals surface area contributed by atoms with Crippen molar-refractivity contribution in [1.82, 2.24) is 4.90 Å². The maximum atomic E-state index is 14.3. The van der Waals surface area contributed by atoms with Crippen LogP contribution in [0.1, 0.15) is 30.1 Å². The van der Waals surface area contributed by atoms with Crippen LogP contribution in [0.4, 0.5) is 34.6 Å². The molecule has 0 aromatic heterocycles. The number of carbonyl (C=O) groups excluding carboxylic acids is 1. The average Bonchev–Trinajstić information content (AvgIpc) is 2.86. The molecule has 2 fully saturated rings. The van der Waals surface area contributed by atoms with E-state index in [4.69, 9.17) is 11.6 Å². The molecule has 0 saturated carbocycles. The van der Waals surface area contributed by atoms with Crippen LogP contribution in [0.25, 0.3) is 0 Å². The van der Waals surface area contributed by atoms with E-state index in [-0.39, 0.29) is 37.4 Å². The summed E-state index contributed by atoms with van der Waals surface area (Å²) in [6.45, 7) is 3.28. The molecule has 2 aromatic carbocycles. The molecular formula is C23H23ClF4N4O3. The Morgan fingerprint density at radius 3 is 2.06 bits per heavy atom. The van der Waals surface area contributed by atoms with Gasteiger partial charge in [-0.15, -0.1) is 0 Å². The number of rotatable bonds is 4. The topological polar surface area (TPSA) is 69.9 Å². The van der Waals surface area contributed by atoms with Crippen molar-refractivity contribution < 1.29 is 27.3 Å². The minimum Gasteiger partial charge on any atom is -0.366 e. The molecule has 0 unspecified atom stereocenters. The van der Waals surface area contributed by atoms with Crippen LogP contribution in [0.15, 0.2) is 18.2 Å².